The van der Waals surface area contributed by atoms with Crippen LogP contribution in [0, 0.1) is 0 Å². The minimum absolute atomic E-state index is 0.0439. The maximum Gasteiger partial charge on any atom is 0.337 e. The predicted octanol–water partition coefficient (Wildman–Crippen LogP) is 0.865. The summed E-state index contributed by atoms with van der Waals surface area (Å²) < 4.78 is 13.2. The van der Waals surface area contributed by atoms with Crippen molar-refractivity contribution in [3.8, 4) is 0 Å². The summed E-state index contributed by atoms with van der Waals surface area (Å²) in [5.74, 6) is -2.78. The van der Waals surface area contributed by atoms with Gasteiger partial charge in [0.15, 0.2) is 5.71 Å². The number of benzene rings is 1. The summed E-state index contributed by atoms with van der Waals surface area (Å²) in [6.07, 6.45) is 2.45. The van der Waals surface area contributed by atoms with E-state index in [4.69, 9.17) is 16.6 Å². The molecule has 0 radical (unpaired) electrons. The molecule has 24 heavy (non-hydrogen) atoms. The molecule has 2 rings (SSSR count). The monoisotopic (exact) mass is 331 g/mol. The first-order chi connectivity index (χ1) is 11.3. The van der Waals surface area contributed by atoms with Crippen LogP contribution in [0.3, 0.4) is 0 Å². The average molecular weight is 331 g/mol. The molecule has 0 saturated carbocycles. The lowest BCUT2D eigenvalue weighted by Gasteiger charge is -2.15. The highest BCUT2D eigenvalue weighted by Crippen LogP contribution is 2.23. The van der Waals surface area contributed by atoms with Crippen molar-refractivity contribution < 1.29 is 19.1 Å². The molecule has 8 nitrogen and oxygen atoms in total. The fourth-order valence-electron chi connectivity index (χ4n) is 1.88. The highest BCUT2D eigenvalue weighted by atomic mass is 19.1. The molecule has 0 bridgehead atoms. The summed E-state index contributed by atoms with van der Waals surface area (Å²) in [4.78, 5) is 23.5. The van der Waals surface area contributed by atoms with E-state index in [0.717, 1.165) is 0 Å². The number of carboxylic acid groups (broad SMARTS) is 1. The third kappa shape index (κ3) is 3.40. The van der Waals surface area contributed by atoms with E-state index in [1.54, 1.807) is 0 Å². The van der Waals surface area contributed by atoms with E-state index in [0.29, 0.717) is 5.70 Å². The fraction of sp³-hybridized carbons (Fsp3) is 0. The number of carboxylic acids is 1. The first-order valence-corrected chi connectivity index (χ1v) is 6.60. The summed E-state index contributed by atoms with van der Waals surface area (Å²) in [6.45, 7) is 3.13. The molecule has 1 aromatic carbocycles. The lowest BCUT2D eigenvalue weighted by atomic mass is 10.1. The summed E-state index contributed by atoms with van der Waals surface area (Å²) in [7, 11) is 0. The second-order valence-electron chi connectivity index (χ2n) is 4.71. The molecule has 1 amide bonds. The summed E-state index contributed by atoms with van der Waals surface area (Å²) >= 11 is 0. The minimum Gasteiger partial charge on any atom is -0.478 e. The molecule has 0 aliphatic carbocycles. The van der Waals surface area contributed by atoms with Crippen LogP contribution in [-0.2, 0) is 4.79 Å². The van der Waals surface area contributed by atoms with Crippen LogP contribution in [0.25, 0.3) is 5.83 Å². The molecule has 124 valence electrons. The zero-order chi connectivity index (χ0) is 17.9. The smallest absolute Gasteiger partial charge is 0.337 e. The maximum absolute atomic E-state index is 13.2. The van der Waals surface area contributed by atoms with Gasteiger partial charge in [0.2, 0.25) is 0 Å². The van der Waals surface area contributed by atoms with Crippen molar-refractivity contribution in [3.05, 3.63) is 59.6 Å². The Hall–Kier alpha value is -3.62. The Bertz CT molecular complexity index is 826. The van der Waals surface area contributed by atoms with Crippen molar-refractivity contribution in [1.29, 1.82) is 0 Å². The highest BCUT2D eigenvalue weighted by molar-refractivity contribution is 6.47. The van der Waals surface area contributed by atoms with Crippen LogP contribution in [0.1, 0.15) is 15.9 Å². The summed E-state index contributed by atoms with van der Waals surface area (Å²) in [6, 6.07) is 3.58. The second kappa shape index (κ2) is 6.65. The number of carbonyl (C=O) groups excluding carboxylic acids is 1. The lowest BCUT2D eigenvalue weighted by Crippen LogP contribution is -2.30. The standard InChI is InChI=1S/C15H14FN5O3/c1-7(16)8-2-3-9(15(23)24)11(4-8)19-14(22)12-5-10(18)13(6-17)21-20-12/h2-6,21H,1,17-18H2,(H,19,22)(H,23,24)/b13-6-. The number of halogens is 1. The number of carbonyl (C=O) groups is 2. The van der Waals surface area contributed by atoms with Crippen molar-refractivity contribution in [1.82, 2.24) is 5.43 Å². The van der Waals surface area contributed by atoms with E-state index in [1.165, 1.54) is 30.5 Å². The molecule has 0 fully saturated rings. The van der Waals surface area contributed by atoms with Crippen molar-refractivity contribution >= 4 is 29.1 Å². The van der Waals surface area contributed by atoms with Crippen molar-refractivity contribution in [2.45, 2.75) is 0 Å². The van der Waals surface area contributed by atoms with Crippen molar-refractivity contribution in [2.24, 2.45) is 16.6 Å². The SMILES string of the molecule is C=C(F)c1ccc(C(=O)O)c(NC(=O)C2=NN/C(=C\N)C(N)=C2)c1. The first-order valence-electron chi connectivity index (χ1n) is 6.60. The second-order valence-corrected chi connectivity index (χ2v) is 4.71. The number of hydrogen-bond acceptors (Lipinski definition) is 6. The zero-order valence-electron chi connectivity index (χ0n) is 12.3. The Morgan fingerprint density at radius 2 is 2.12 bits per heavy atom. The van der Waals surface area contributed by atoms with Gasteiger partial charge in [0, 0.05) is 11.8 Å². The van der Waals surface area contributed by atoms with E-state index >= 15 is 0 Å². The van der Waals surface area contributed by atoms with E-state index in [9.17, 15) is 14.0 Å². The Kier molecular flexibility index (Phi) is 4.64. The van der Waals surface area contributed by atoms with Crippen LogP contribution >= 0.6 is 0 Å². The molecule has 0 spiro atoms. The number of nitrogens with two attached hydrogens (primary N) is 2. The van der Waals surface area contributed by atoms with Gasteiger partial charge in [-0.25, -0.2) is 9.18 Å². The van der Waals surface area contributed by atoms with E-state index in [-0.39, 0.29) is 28.2 Å². The lowest BCUT2D eigenvalue weighted by molar-refractivity contribution is -0.110. The van der Waals surface area contributed by atoms with Gasteiger partial charge in [0.25, 0.3) is 5.91 Å². The number of amides is 1. The number of anilines is 1. The van der Waals surface area contributed by atoms with Crippen LogP contribution in [0.2, 0.25) is 0 Å². The molecule has 1 aliphatic heterocycles. The van der Waals surface area contributed by atoms with Gasteiger partial charge in [-0.1, -0.05) is 12.6 Å². The molecule has 9 heteroatoms. The first kappa shape index (κ1) is 16.7. The molecule has 7 N–H and O–H groups in total. The van der Waals surface area contributed by atoms with Gasteiger partial charge in [0.1, 0.15) is 5.83 Å². The van der Waals surface area contributed by atoms with Crippen LogP contribution in [0.15, 0.2) is 53.5 Å². The number of aromatic carboxylic acids is 1. The van der Waals surface area contributed by atoms with Gasteiger partial charge < -0.3 is 21.9 Å². The van der Waals surface area contributed by atoms with Gasteiger partial charge in [0.05, 0.1) is 22.6 Å². The molecule has 1 heterocycles. The van der Waals surface area contributed by atoms with Crippen LogP contribution < -0.4 is 22.2 Å². The van der Waals surface area contributed by atoms with Gasteiger partial charge in [-0.05, 0) is 18.2 Å². The van der Waals surface area contributed by atoms with Gasteiger partial charge in [-0.15, -0.1) is 0 Å². The molecular formula is C15H14FN5O3. The van der Waals surface area contributed by atoms with Gasteiger partial charge in [-0.3, -0.25) is 10.2 Å². The van der Waals surface area contributed by atoms with Crippen molar-refractivity contribution in [3.63, 3.8) is 0 Å². The number of nitrogens with zero attached hydrogens (tertiary/aromatic N) is 1. The molecule has 0 aromatic heterocycles. The molecule has 0 atom stereocenters. The Labute approximate surface area is 136 Å². The quantitative estimate of drug-likeness (QED) is 0.554. The Balaban J connectivity index is 2.32. The van der Waals surface area contributed by atoms with Gasteiger partial charge >= 0.3 is 5.97 Å². The average Bonchev–Trinajstić information content (AvgIpc) is 2.54. The van der Waals surface area contributed by atoms with Crippen molar-refractivity contribution in [2.75, 3.05) is 5.32 Å². The minimum atomic E-state index is -1.28. The number of hydrazone groups is 1. The molecular weight excluding hydrogens is 317 g/mol. The third-order valence-corrected chi connectivity index (χ3v) is 3.11. The Morgan fingerprint density at radius 1 is 1.42 bits per heavy atom. The molecule has 0 saturated heterocycles. The van der Waals surface area contributed by atoms with Gasteiger partial charge in [-0.2, -0.15) is 5.10 Å². The molecule has 0 unspecified atom stereocenters. The third-order valence-electron chi connectivity index (χ3n) is 3.11. The van der Waals surface area contributed by atoms with Crippen LogP contribution in [0.4, 0.5) is 10.1 Å². The molecule has 1 aromatic rings. The number of rotatable bonds is 4. The summed E-state index contributed by atoms with van der Waals surface area (Å²) in [5.41, 5.74) is 13.6. The maximum atomic E-state index is 13.2. The summed E-state index contributed by atoms with van der Waals surface area (Å²) in [5, 5.41) is 15.3. The fourth-order valence-corrected chi connectivity index (χ4v) is 1.88. The molecule has 1 aliphatic rings. The van der Waals surface area contributed by atoms with E-state index in [1.807, 2.05) is 0 Å². The highest BCUT2D eigenvalue weighted by Gasteiger charge is 2.19. The van der Waals surface area contributed by atoms with Crippen LogP contribution in [0.5, 0.6) is 0 Å². The van der Waals surface area contributed by atoms with Crippen LogP contribution in [-0.4, -0.2) is 22.7 Å². The Morgan fingerprint density at radius 3 is 2.67 bits per heavy atom. The predicted molar refractivity (Wildman–Crippen MR) is 87.3 cm³/mol. The van der Waals surface area contributed by atoms with E-state index in [2.05, 4.69) is 22.4 Å². The zero-order valence-corrected chi connectivity index (χ0v) is 12.3. The number of hydrogen-bond donors (Lipinski definition) is 5. The largest absolute Gasteiger partial charge is 0.478 e. The number of nitrogens with one attached hydrogen (secondary N) is 2. The van der Waals surface area contributed by atoms with E-state index < -0.39 is 17.7 Å². The normalized spacial score (nSPS) is 15.1. The topological polar surface area (TPSA) is 143 Å².